The molecule has 9 heterocycles. The van der Waals surface area contributed by atoms with Gasteiger partial charge in [-0.05, 0) is 310 Å². The molecule has 0 aliphatic carbocycles. The first-order chi connectivity index (χ1) is 64.5. The van der Waals surface area contributed by atoms with Gasteiger partial charge in [-0.25, -0.2) is 0 Å². The molecular formula is C107H138ClN21O6. The highest BCUT2D eigenvalue weighted by Crippen LogP contribution is 2.36. The second-order valence-electron chi connectivity index (χ2n) is 37.8. The van der Waals surface area contributed by atoms with Crippen molar-refractivity contribution in [1.82, 2.24) is 50.7 Å². The summed E-state index contributed by atoms with van der Waals surface area (Å²) in [7, 11) is 2.17. The van der Waals surface area contributed by atoms with Crippen LogP contribution in [0.2, 0.25) is 5.02 Å². The van der Waals surface area contributed by atoms with E-state index in [1.165, 1.54) is 103 Å². The zero-order valence-electron chi connectivity index (χ0n) is 82.0. The van der Waals surface area contributed by atoms with E-state index in [1.54, 1.807) is 0 Å². The predicted octanol–water partition coefficient (Wildman–Crippen LogP) is 17.9. The lowest BCUT2D eigenvalue weighted by atomic mass is 9.89. The van der Waals surface area contributed by atoms with Crippen molar-refractivity contribution < 1.29 is 28.7 Å². The lowest BCUT2D eigenvalue weighted by Gasteiger charge is -2.37. The molecule has 0 spiro atoms. The van der Waals surface area contributed by atoms with Crippen LogP contribution in [0, 0.1) is 90.0 Å². The molecule has 4 aliphatic heterocycles. The number of anilines is 7. The number of halogens is 1. The number of primary amides is 4. The third kappa shape index (κ3) is 25.6. The molecule has 4 amide bonds. The summed E-state index contributed by atoms with van der Waals surface area (Å²) < 4.78 is 11.7. The Hall–Kier alpha value is -12.8. The zero-order chi connectivity index (χ0) is 96.7. The number of nitrogens with two attached hydrogens (primary N) is 4. The van der Waals surface area contributed by atoms with E-state index >= 15 is 0 Å². The van der Waals surface area contributed by atoms with Crippen molar-refractivity contribution in [2.75, 3.05) is 95.4 Å². The second kappa shape index (κ2) is 45.0. The number of rotatable bonds is 28. The predicted molar refractivity (Wildman–Crippen MR) is 545 cm³/mol. The molecule has 714 valence electrons. The summed E-state index contributed by atoms with van der Waals surface area (Å²) in [6.07, 6.45) is 10.6. The number of benzene rings is 7. The summed E-state index contributed by atoms with van der Waals surface area (Å²) in [6.45, 7) is 46.3. The summed E-state index contributed by atoms with van der Waals surface area (Å²) >= 11 is 6.67. The van der Waals surface area contributed by atoms with Crippen LogP contribution in [0.4, 0.5) is 40.3 Å². The Kier molecular flexibility index (Phi) is 33.2. The van der Waals surface area contributed by atoms with E-state index in [0.717, 1.165) is 132 Å². The first-order valence-electron chi connectivity index (χ1n) is 47.3. The smallest absolute Gasteiger partial charge is 0.254 e. The molecule has 28 heteroatoms. The first kappa shape index (κ1) is 99.7. The number of aromatic nitrogens is 9. The number of piperidine rings is 1. The Morgan fingerprint density at radius 2 is 0.696 bits per heavy atom. The highest BCUT2D eigenvalue weighted by molar-refractivity contribution is 6.33. The standard InChI is InChI=1S/C27H34ClN5O2.C27H36N6O.C27H35N5O2.C26H33N5O/c1-15-8-21(9-16(2)19(15)5)12-30-27-25(26(29)34)23(31-32-27)11-20-6-7-24(22(28)10-20)33-13-17(3)35-18(4)14-33;1-17-12-22(13-18(2)20(17)4)16-29-27-25(26(28)34)23(30-31-27)15-21-6-7-24(19(3)14-21)33-10-8-32(5)9-11-33;1-15-8-21(9-16(2)19(15)5)14-30-27-25(26(28)33)24(31-32-27)12-20-6-7-23(29-13-20)22-10-17(3)34-18(4)11-22;1-17-13-21(14-18(2)19(17)3)16-28-26-24(25(27)32)23(29-30-26)15-20-7-9-22(10-8-20)31-11-5-4-6-12-31/h6-10,17-18H,11-14H2,1-5H3,(H2,29,34)(H2,30,31,32);6-7,12-14H,8-11,15-16H2,1-5H3,(H2,28,34)(H2,29,30,31);6-9,13,17-18,22H,10-12,14H2,1-5H3,(H2,28,33)(H2,30,31,32);7-10,13-14H,4-6,11-12,15-16H2,1-3H3,(H2,27,32)(H2,28,29,30)/t17-,18+;;17-,18+,22?;. The third-order valence-corrected chi connectivity index (χ3v) is 27.5. The normalized spacial score (nSPS) is 16.7. The number of aryl methyl sites for hydroxylation is 9. The topological polar surface area (TPSA) is 380 Å². The van der Waals surface area contributed by atoms with Crippen LogP contribution in [0.25, 0.3) is 0 Å². The van der Waals surface area contributed by atoms with Gasteiger partial charge in [-0.15, -0.1) is 0 Å². The molecule has 16 rings (SSSR count). The van der Waals surface area contributed by atoms with Gasteiger partial charge in [-0.2, -0.15) is 20.4 Å². The number of nitrogens with zero attached hydrogens (tertiary/aromatic N) is 9. The number of ether oxygens (including phenoxy) is 2. The summed E-state index contributed by atoms with van der Waals surface area (Å²) in [4.78, 5) is 63.4. The number of aromatic amines is 4. The fourth-order valence-corrected chi connectivity index (χ4v) is 19.3. The molecule has 12 aromatic rings. The third-order valence-electron chi connectivity index (χ3n) is 27.2. The Morgan fingerprint density at radius 3 is 1.04 bits per heavy atom. The molecule has 16 N–H and O–H groups in total. The zero-order valence-corrected chi connectivity index (χ0v) is 82.8. The van der Waals surface area contributed by atoms with Crippen LogP contribution in [0.1, 0.15) is 252 Å². The van der Waals surface area contributed by atoms with Gasteiger partial charge in [0.2, 0.25) is 0 Å². The highest BCUT2D eigenvalue weighted by atomic mass is 35.5. The fourth-order valence-electron chi connectivity index (χ4n) is 19.0. The van der Waals surface area contributed by atoms with E-state index in [9.17, 15) is 19.2 Å². The number of morpholine rings is 1. The lowest BCUT2D eigenvalue weighted by molar-refractivity contribution is -0.0385. The molecule has 7 aromatic carbocycles. The van der Waals surface area contributed by atoms with Gasteiger partial charge in [0.05, 0.1) is 57.9 Å². The minimum absolute atomic E-state index is 0.149. The Bertz CT molecular complexity index is 6060. The monoisotopic (exact) mass is 1850 g/mol. The summed E-state index contributed by atoms with van der Waals surface area (Å²) in [5.74, 6) is 0.383. The number of hydrogen-bond donors (Lipinski definition) is 12. The molecule has 0 bridgehead atoms. The summed E-state index contributed by atoms with van der Waals surface area (Å²) in [5, 5.41) is 43.3. The number of H-pyrrole nitrogens is 4. The van der Waals surface area contributed by atoms with Crippen molar-refractivity contribution in [2.45, 2.75) is 232 Å². The highest BCUT2D eigenvalue weighted by Gasteiger charge is 2.30. The quantitative estimate of drug-likeness (QED) is 0.0217. The molecule has 4 aliphatic rings. The van der Waals surface area contributed by atoms with Gasteiger partial charge in [-0.3, -0.25) is 44.6 Å². The van der Waals surface area contributed by atoms with Gasteiger partial charge in [-0.1, -0.05) is 96.5 Å². The number of carbonyl (C=O) groups excluding carboxylic acids is 4. The van der Waals surface area contributed by atoms with Gasteiger partial charge in [0.15, 0.2) is 23.3 Å². The molecule has 0 radical (unpaired) electrons. The van der Waals surface area contributed by atoms with Crippen LogP contribution in [0.3, 0.4) is 0 Å². The summed E-state index contributed by atoms with van der Waals surface area (Å²) in [6, 6.07) is 42.5. The van der Waals surface area contributed by atoms with Crippen molar-refractivity contribution in [2.24, 2.45) is 22.9 Å². The Morgan fingerprint density at radius 1 is 0.370 bits per heavy atom. The van der Waals surface area contributed by atoms with Crippen LogP contribution in [0.15, 0.2) is 128 Å². The van der Waals surface area contributed by atoms with Crippen LogP contribution in [-0.2, 0) is 61.3 Å². The molecule has 27 nitrogen and oxygen atoms in total. The van der Waals surface area contributed by atoms with Crippen LogP contribution >= 0.6 is 11.6 Å². The van der Waals surface area contributed by atoms with Gasteiger partial charge in [0.1, 0.15) is 22.3 Å². The second-order valence-corrected chi connectivity index (χ2v) is 38.2. The van der Waals surface area contributed by atoms with E-state index in [1.807, 2.05) is 24.4 Å². The van der Waals surface area contributed by atoms with Gasteiger partial charge < -0.3 is 73.3 Å². The van der Waals surface area contributed by atoms with Gasteiger partial charge in [0.25, 0.3) is 23.6 Å². The maximum Gasteiger partial charge on any atom is 0.254 e. The van der Waals surface area contributed by atoms with Crippen molar-refractivity contribution >= 4 is 75.6 Å². The van der Waals surface area contributed by atoms with Gasteiger partial charge >= 0.3 is 0 Å². The van der Waals surface area contributed by atoms with E-state index in [0.29, 0.717) is 120 Å². The van der Waals surface area contributed by atoms with Crippen LogP contribution in [0.5, 0.6) is 0 Å². The van der Waals surface area contributed by atoms with Gasteiger partial charge in [0, 0.05) is 133 Å². The first-order valence-corrected chi connectivity index (χ1v) is 47.7. The van der Waals surface area contributed by atoms with Crippen LogP contribution < -0.4 is 58.9 Å². The maximum atomic E-state index is 12.3. The minimum Gasteiger partial charge on any atom is -0.376 e. The average molecular weight is 1850 g/mol. The largest absolute Gasteiger partial charge is 0.376 e. The molecule has 0 saturated carbocycles. The van der Waals surface area contributed by atoms with Crippen molar-refractivity contribution in [1.29, 1.82) is 0 Å². The minimum atomic E-state index is -0.522. The number of hydrogen-bond acceptors (Lipinski definition) is 19. The van der Waals surface area contributed by atoms with Crippen molar-refractivity contribution in [3.63, 3.8) is 0 Å². The number of nitrogens with one attached hydrogen (secondary N) is 8. The summed E-state index contributed by atoms with van der Waals surface area (Å²) in [5.41, 5.74) is 57.3. The van der Waals surface area contributed by atoms with Crippen molar-refractivity contribution in [3.8, 4) is 0 Å². The molecule has 135 heavy (non-hydrogen) atoms. The van der Waals surface area contributed by atoms with E-state index < -0.39 is 23.6 Å². The number of amides is 4. The Labute approximate surface area is 800 Å². The van der Waals surface area contributed by atoms with E-state index in [2.05, 4.69) is 310 Å². The molecule has 1 unspecified atom stereocenters. The molecule has 5 aromatic heterocycles. The molecular weight excluding hydrogens is 1710 g/mol. The Balaban J connectivity index is 0.000000153. The lowest BCUT2D eigenvalue weighted by Crippen LogP contribution is -2.45. The fraction of sp³-hybridized carbons (Fsp3) is 0.411. The SMILES string of the molecule is Cc1cc(CNc2n[nH]c(Cc3ccc(C4C[C@@H](C)O[C@@H](C)C4)nc3)c2C(N)=O)cc(C)c1C.Cc1cc(CNc2n[nH]c(Cc3ccc(N4CCCCC4)cc3)c2C(N)=O)cc(C)c1C.Cc1cc(CNc2n[nH]c(Cc3ccc(N4C[C@@H](C)O[C@@H](C)C4)c(Cl)c3)c2C(N)=O)cc(C)c1C.Cc1cc(Cc2[nH]nc(NCc3cc(C)c(C)c(C)c3)c2C(N)=O)ccc1N1CCN(C)CC1. The molecule has 4 saturated heterocycles. The number of piperazine rings is 1. The maximum absolute atomic E-state index is 12.3. The van der Waals surface area contributed by atoms with Crippen molar-refractivity contribution in [3.05, 3.63) is 300 Å². The van der Waals surface area contributed by atoms with E-state index in [-0.39, 0.29) is 24.4 Å². The number of pyridine rings is 1. The molecule has 5 atom stereocenters. The number of carbonyl (C=O) groups is 4. The van der Waals surface area contributed by atoms with E-state index in [4.69, 9.17) is 49.0 Å². The average Bonchev–Trinajstić information content (AvgIpc) is 1.53. The number of likely N-dealkylation sites (N-methyl/N-ethyl adjacent to an activating group) is 1. The van der Waals surface area contributed by atoms with Crippen LogP contribution in [-0.4, -0.2) is 158 Å². The molecule has 4 fully saturated rings.